The highest BCUT2D eigenvalue weighted by atomic mass is 14.9. The molecule has 78 valence electrons. The molecular weight excluding hydrogens is 174 g/mol. The third-order valence-electron chi connectivity index (χ3n) is 2.01. The Balaban J connectivity index is 2.50. The molecule has 1 aromatic rings. The van der Waals surface area contributed by atoms with E-state index in [-0.39, 0.29) is 0 Å². The highest BCUT2D eigenvalue weighted by molar-refractivity contribution is 5.05. The van der Waals surface area contributed by atoms with Crippen LogP contribution >= 0.6 is 0 Å². The van der Waals surface area contributed by atoms with Crippen molar-refractivity contribution in [3.05, 3.63) is 23.8 Å². The first-order valence-electron chi connectivity index (χ1n) is 5.22. The number of hydrogen-bond donors (Lipinski definition) is 1. The molecular formula is C11H19N3. The maximum atomic E-state index is 5.42. The second kappa shape index (κ2) is 5.70. The second-order valence-electron chi connectivity index (χ2n) is 4.00. The summed E-state index contributed by atoms with van der Waals surface area (Å²) in [6, 6.07) is 0. The van der Waals surface area contributed by atoms with Crippen LogP contribution < -0.4 is 5.73 Å². The number of rotatable bonds is 5. The average Bonchev–Trinajstić information content (AvgIpc) is 2.16. The molecule has 0 aromatic carbocycles. The fourth-order valence-electron chi connectivity index (χ4n) is 1.35. The fraction of sp³-hybridized carbons (Fsp3) is 0.636. The summed E-state index contributed by atoms with van der Waals surface area (Å²) in [5.74, 6) is 1.57. The molecule has 0 atom stereocenters. The van der Waals surface area contributed by atoms with Crippen LogP contribution in [-0.2, 0) is 12.8 Å². The lowest BCUT2D eigenvalue weighted by molar-refractivity contribution is 0.641. The highest BCUT2D eigenvalue weighted by Gasteiger charge is 2.00. The van der Waals surface area contributed by atoms with Crippen molar-refractivity contribution in [1.29, 1.82) is 0 Å². The fourth-order valence-corrected chi connectivity index (χ4v) is 1.35. The van der Waals surface area contributed by atoms with E-state index in [0.717, 1.165) is 25.1 Å². The van der Waals surface area contributed by atoms with Gasteiger partial charge in [-0.2, -0.15) is 0 Å². The molecule has 14 heavy (non-hydrogen) atoms. The Kier molecular flexibility index (Phi) is 4.53. The number of nitrogens with two attached hydrogens (primary N) is 1. The lowest BCUT2D eigenvalue weighted by Crippen LogP contribution is -2.04. The van der Waals surface area contributed by atoms with Gasteiger partial charge in [0.2, 0.25) is 0 Å². The molecule has 1 aromatic heterocycles. The molecule has 0 saturated heterocycles. The number of aryl methyl sites for hydroxylation is 1. The lowest BCUT2D eigenvalue weighted by atomic mass is 10.1. The van der Waals surface area contributed by atoms with Crippen LogP contribution in [0.15, 0.2) is 12.4 Å². The van der Waals surface area contributed by atoms with Crippen LogP contribution in [0.5, 0.6) is 0 Å². The van der Waals surface area contributed by atoms with Crippen molar-refractivity contribution in [2.24, 2.45) is 11.7 Å². The summed E-state index contributed by atoms with van der Waals surface area (Å²) < 4.78 is 0. The van der Waals surface area contributed by atoms with Gasteiger partial charge in [0.15, 0.2) is 0 Å². The van der Waals surface area contributed by atoms with Gasteiger partial charge < -0.3 is 5.73 Å². The Labute approximate surface area is 85.8 Å². The first-order valence-corrected chi connectivity index (χ1v) is 5.22. The molecule has 3 heteroatoms. The second-order valence-corrected chi connectivity index (χ2v) is 4.00. The molecule has 1 heterocycles. The molecule has 1 rings (SSSR count). The minimum atomic E-state index is 0.661. The maximum Gasteiger partial charge on any atom is 0.128 e. The first-order chi connectivity index (χ1) is 6.72. The molecule has 0 spiro atoms. The van der Waals surface area contributed by atoms with Crippen molar-refractivity contribution in [3.8, 4) is 0 Å². The van der Waals surface area contributed by atoms with E-state index in [1.807, 2.05) is 12.4 Å². The summed E-state index contributed by atoms with van der Waals surface area (Å²) in [6.45, 7) is 5.10. The predicted octanol–water partition coefficient (Wildman–Crippen LogP) is 1.57. The summed E-state index contributed by atoms with van der Waals surface area (Å²) >= 11 is 0. The molecule has 0 aliphatic carbocycles. The Morgan fingerprint density at radius 3 is 2.43 bits per heavy atom. The quantitative estimate of drug-likeness (QED) is 0.772. The van der Waals surface area contributed by atoms with Crippen LogP contribution in [0.1, 0.15) is 31.7 Å². The Bertz CT molecular complexity index is 254. The van der Waals surface area contributed by atoms with Crippen molar-refractivity contribution in [3.63, 3.8) is 0 Å². The molecule has 0 aliphatic heterocycles. The Morgan fingerprint density at radius 1 is 1.29 bits per heavy atom. The van der Waals surface area contributed by atoms with Gasteiger partial charge in [0.05, 0.1) is 0 Å². The highest BCUT2D eigenvalue weighted by Crippen LogP contribution is 2.05. The average molecular weight is 193 g/mol. The van der Waals surface area contributed by atoms with E-state index < -0.39 is 0 Å². The third-order valence-corrected chi connectivity index (χ3v) is 2.01. The minimum Gasteiger partial charge on any atom is -0.330 e. The molecule has 0 unspecified atom stereocenters. The van der Waals surface area contributed by atoms with Gasteiger partial charge in [-0.1, -0.05) is 13.8 Å². The molecule has 0 amide bonds. The zero-order valence-electron chi connectivity index (χ0n) is 9.03. The third kappa shape index (κ3) is 3.83. The lowest BCUT2D eigenvalue weighted by Gasteiger charge is -2.04. The summed E-state index contributed by atoms with van der Waals surface area (Å²) in [5, 5.41) is 0. The first kappa shape index (κ1) is 11.1. The van der Waals surface area contributed by atoms with E-state index in [2.05, 4.69) is 23.8 Å². The largest absolute Gasteiger partial charge is 0.330 e. The summed E-state index contributed by atoms with van der Waals surface area (Å²) in [5.41, 5.74) is 6.64. The van der Waals surface area contributed by atoms with Gasteiger partial charge in [-0.3, -0.25) is 0 Å². The van der Waals surface area contributed by atoms with E-state index in [9.17, 15) is 0 Å². The Morgan fingerprint density at radius 2 is 1.93 bits per heavy atom. The van der Waals surface area contributed by atoms with Gasteiger partial charge in [0.25, 0.3) is 0 Å². The number of nitrogens with zero attached hydrogens (tertiary/aromatic N) is 2. The monoisotopic (exact) mass is 193 g/mol. The van der Waals surface area contributed by atoms with Gasteiger partial charge in [-0.25, -0.2) is 9.97 Å². The standard InChI is InChI=1S/C11H19N3/c1-9(2)6-10-7-13-11(14-8-10)4-3-5-12/h7-9H,3-6,12H2,1-2H3. The number of hydrogen-bond acceptors (Lipinski definition) is 3. The van der Waals surface area contributed by atoms with Crippen LogP contribution in [0.2, 0.25) is 0 Å². The SMILES string of the molecule is CC(C)Cc1cnc(CCCN)nc1. The summed E-state index contributed by atoms with van der Waals surface area (Å²) in [7, 11) is 0. The predicted molar refractivity (Wildman–Crippen MR) is 57.9 cm³/mol. The van der Waals surface area contributed by atoms with E-state index in [1.165, 1.54) is 5.56 Å². The zero-order chi connectivity index (χ0) is 10.4. The molecule has 3 nitrogen and oxygen atoms in total. The van der Waals surface area contributed by atoms with Crippen molar-refractivity contribution < 1.29 is 0 Å². The van der Waals surface area contributed by atoms with Gasteiger partial charge in [-0.15, -0.1) is 0 Å². The van der Waals surface area contributed by atoms with E-state index in [0.29, 0.717) is 12.5 Å². The molecule has 0 aliphatic rings. The van der Waals surface area contributed by atoms with E-state index >= 15 is 0 Å². The van der Waals surface area contributed by atoms with Crippen molar-refractivity contribution in [1.82, 2.24) is 9.97 Å². The van der Waals surface area contributed by atoms with Crippen LogP contribution in [0.4, 0.5) is 0 Å². The van der Waals surface area contributed by atoms with Crippen molar-refractivity contribution >= 4 is 0 Å². The van der Waals surface area contributed by atoms with Gasteiger partial charge in [0.1, 0.15) is 5.82 Å². The van der Waals surface area contributed by atoms with Crippen molar-refractivity contribution in [2.75, 3.05) is 6.54 Å². The Hall–Kier alpha value is -0.960. The van der Waals surface area contributed by atoms with E-state index in [1.54, 1.807) is 0 Å². The molecule has 2 N–H and O–H groups in total. The van der Waals surface area contributed by atoms with E-state index in [4.69, 9.17) is 5.73 Å². The number of aromatic nitrogens is 2. The van der Waals surface area contributed by atoms with Gasteiger partial charge in [-0.05, 0) is 30.9 Å². The van der Waals surface area contributed by atoms with Crippen LogP contribution in [0.25, 0.3) is 0 Å². The summed E-state index contributed by atoms with van der Waals surface area (Å²) in [4.78, 5) is 8.61. The maximum absolute atomic E-state index is 5.42. The summed E-state index contributed by atoms with van der Waals surface area (Å²) in [6.07, 6.45) is 6.76. The van der Waals surface area contributed by atoms with Crippen LogP contribution in [0.3, 0.4) is 0 Å². The smallest absolute Gasteiger partial charge is 0.128 e. The molecule has 0 radical (unpaired) electrons. The topological polar surface area (TPSA) is 51.8 Å². The van der Waals surface area contributed by atoms with Gasteiger partial charge >= 0.3 is 0 Å². The normalized spacial score (nSPS) is 10.9. The molecule has 0 bridgehead atoms. The van der Waals surface area contributed by atoms with Crippen LogP contribution in [0, 0.1) is 5.92 Å². The van der Waals surface area contributed by atoms with Crippen LogP contribution in [-0.4, -0.2) is 16.5 Å². The molecule has 0 fully saturated rings. The van der Waals surface area contributed by atoms with Crippen molar-refractivity contribution in [2.45, 2.75) is 33.1 Å². The van der Waals surface area contributed by atoms with Gasteiger partial charge in [0, 0.05) is 18.8 Å². The molecule has 0 saturated carbocycles. The minimum absolute atomic E-state index is 0.661. The zero-order valence-corrected chi connectivity index (χ0v) is 9.03.